The van der Waals surface area contributed by atoms with Crippen molar-refractivity contribution in [3.05, 3.63) is 53.5 Å². The van der Waals surface area contributed by atoms with Crippen molar-refractivity contribution in [3.63, 3.8) is 0 Å². The quantitative estimate of drug-likeness (QED) is 0.835. The lowest BCUT2D eigenvalue weighted by Crippen LogP contribution is -2.20. The third-order valence-electron chi connectivity index (χ3n) is 3.61. The highest BCUT2D eigenvalue weighted by Crippen LogP contribution is 2.20. The summed E-state index contributed by atoms with van der Waals surface area (Å²) in [6, 6.07) is 10.6. The van der Waals surface area contributed by atoms with Gasteiger partial charge in [-0.25, -0.2) is 0 Å². The fourth-order valence-electron chi connectivity index (χ4n) is 2.34. The van der Waals surface area contributed by atoms with Gasteiger partial charge in [-0.2, -0.15) is 0 Å². The molecule has 1 heterocycles. The van der Waals surface area contributed by atoms with Gasteiger partial charge in [0.2, 0.25) is 0 Å². The number of nitrogens with one attached hydrogen (secondary N) is 1. The van der Waals surface area contributed by atoms with Crippen LogP contribution < -0.4 is 10.2 Å². The number of rotatable bonds is 7. The smallest absolute Gasteiger partial charge is 0.123 e. The lowest BCUT2D eigenvalue weighted by atomic mass is 10.1. The van der Waals surface area contributed by atoms with Crippen LogP contribution >= 0.6 is 0 Å². The number of anilines is 1. The SMILES string of the molecule is Cc1cc(N(C)Cc2ccco2)ccc1CNCC(C)C. The molecule has 0 spiro atoms. The summed E-state index contributed by atoms with van der Waals surface area (Å²) in [6.07, 6.45) is 1.72. The molecule has 3 nitrogen and oxygen atoms in total. The summed E-state index contributed by atoms with van der Waals surface area (Å²) in [6.45, 7) is 9.42. The zero-order valence-corrected chi connectivity index (χ0v) is 13.5. The summed E-state index contributed by atoms with van der Waals surface area (Å²) in [7, 11) is 2.09. The summed E-state index contributed by atoms with van der Waals surface area (Å²) in [5, 5.41) is 3.50. The zero-order chi connectivity index (χ0) is 15.2. The molecule has 114 valence electrons. The Hall–Kier alpha value is -1.74. The Balaban J connectivity index is 1.97. The van der Waals surface area contributed by atoms with Crippen LogP contribution in [-0.2, 0) is 13.1 Å². The van der Waals surface area contributed by atoms with E-state index in [1.54, 1.807) is 6.26 Å². The van der Waals surface area contributed by atoms with E-state index in [1.165, 1.54) is 16.8 Å². The van der Waals surface area contributed by atoms with E-state index < -0.39 is 0 Å². The van der Waals surface area contributed by atoms with Crippen molar-refractivity contribution < 1.29 is 4.42 Å². The summed E-state index contributed by atoms with van der Waals surface area (Å²) >= 11 is 0. The molecule has 0 saturated heterocycles. The fourth-order valence-corrected chi connectivity index (χ4v) is 2.34. The number of aryl methyl sites for hydroxylation is 1. The minimum Gasteiger partial charge on any atom is -0.467 e. The van der Waals surface area contributed by atoms with Crippen molar-refractivity contribution >= 4 is 5.69 Å². The van der Waals surface area contributed by atoms with E-state index >= 15 is 0 Å². The molecule has 2 rings (SSSR count). The molecule has 0 atom stereocenters. The van der Waals surface area contributed by atoms with Gasteiger partial charge in [0.1, 0.15) is 5.76 Å². The Kier molecular flexibility index (Phi) is 5.45. The van der Waals surface area contributed by atoms with Crippen molar-refractivity contribution in [2.45, 2.75) is 33.9 Å². The number of benzene rings is 1. The average Bonchev–Trinajstić information content (AvgIpc) is 2.93. The van der Waals surface area contributed by atoms with E-state index in [0.29, 0.717) is 5.92 Å². The fraction of sp³-hybridized carbons (Fsp3) is 0.444. The van der Waals surface area contributed by atoms with E-state index in [-0.39, 0.29) is 0 Å². The maximum Gasteiger partial charge on any atom is 0.123 e. The van der Waals surface area contributed by atoms with Crippen LogP contribution in [0, 0.1) is 12.8 Å². The molecule has 21 heavy (non-hydrogen) atoms. The van der Waals surface area contributed by atoms with E-state index in [4.69, 9.17) is 4.42 Å². The Labute approximate surface area is 128 Å². The molecule has 0 bridgehead atoms. The van der Waals surface area contributed by atoms with Crippen LogP contribution in [0.3, 0.4) is 0 Å². The van der Waals surface area contributed by atoms with Crippen molar-refractivity contribution in [1.82, 2.24) is 5.32 Å². The van der Waals surface area contributed by atoms with Gasteiger partial charge in [0.15, 0.2) is 0 Å². The van der Waals surface area contributed by atoms with Crippen LogP contribution in [0.2, 0.25) is 0 Å². The molecule has 0 amide bonds. The van der Waals surface area contributed by atoms with E-state index in [1.807, 2.05) is 12.1 Å². The number of hydrogen-bond donors (Lipinski definition) is 1. The van der Waals surface area contributed by atoms with E-state index in [0.717, 1.165) is 25.4 Å². The average molecular weight is 286 g/mol. The molecule has 0 aliphatic heterocycles. The predicted octanol–water partition coefficient (Wildman–Crippen LogP) is 3.97. The maximum absolute atomic E-state index is 5.40. The molecule has 0 radical (unpaired) electrons. The highest BCUT2D eigenvalue weighted by Gasteiger charge is 2.06. The number of nitrogens with zero attached hydrogens (tertiary/aromatic N) is 1. The Morgan fingerprint density at radius 1 is 1.24 bits per heavy atom. The van der Waals surface area contributed by atoms with Gasteiger partial charge in [-0.05, 0) is 54.8 Å². The molecular formula is C18H26N2O. The highest BCUT2D eigenvalue weighted by molar-refractivity contribution is 5.50. The third-order valence-corrected chi connectivity index (χ3v) is 3.61. The number of furan rings is 1. The van der Waals surface area contributed by atoms with Gasteiger partial charge in [0.05, 0.1) is 12.8 Å². The standard InChI is InChI=1S/C18H26N2O/c1-14(2)11-19-12-16-7-8-17(10-15(16)3)20(4)13-18-6-5-9-21-18/h5-10,14,19H,11-13H2,1-4H3. The van der Waals surface area contributed by atoms with Crippen molar-refractivity contribution in [1.29, 1.82) is 0 Å². The molecule has 0 unspecified atom stereocenters. The molecule has 1 aromatic heterocycles. The first-order valence-electron chi connectivity index (χ1n) is 7.60. The van der Waals surface area contributed by atoms with Crippen molar-refractivity contribution in [2.24, 2.45) is 5.92 Å². The van der Waals surface area contributed by atoms with Crippen LogP contribution in [0.1, 0.15) is 30.7 Å². The summed E-state index contributed by atoms with van der Waals surface area (Å²) in [5.74, 6) is 1.67. The van der Waals surface area contributed by atoms with Crippen LogP contribution in [0.4, 0.5) is 5.69 Å². The van der Waals surface area contributed by atoms with Gasteiger partial charge in [0.25, 0.3) is 0 Å². The van der Waals surface area contributed by atoms with Gasteiger partial charge in [-0.1, -0.05) is 19.9 Å². The Morgan fingerprint density at radius 2 is 2.05 bits per heavy atom. The molecule has 1 N–H and O–H groups in total. The molecule has 0 aliphatic rings. The second-order valence-corrected chi connectivity index (χ2v) is 6.07. The number of hydrogen-bond acceptors (Lipinski definition) is 3. The third kappa shape index (κ3) is 4.64. The lowest BCUT2D eigenvalue weighted by molar-refractivity contribution is 0.507. The second kappa shape index (κ2) is 7.32. The first-order valence-corrected chi connectivity index (χ1v) is 7.60. The Morgan fingerprint density at radius 3 is 2.67 bits per heavy atom. The normalized spacial score (nSPS) is 11.1. The van der Waals surface area contributed by atoms with Gasteiger partial charge in [0, 0.05) is 19.3 Å². The first kappa shape index (κ1) is 15.6. The van der Waals surface area contributed by atoms with Gasteiger partial charge in [-0.15, -0.1) is 0 Å². The summed E-state index contributed by atoms with van der Waals surface area (Å²) in [5.41, 5.74) is 3.91. The topological polar surface area (TPSA) is 28.4 Å². The predicted molar refractivity (Wildman–Crippen MR) is 88.5 cm³/mol. The molecular weight excluding hydrogens is 260 g/mol. The van der Waals surface area contributed by atoms with Gasteiger partial charge < -0.3 is 14.6 Å². The summed E-state index contributed by atoms with van der Waals surface area (Å²) in [4.78, 5) is 2.21. The second-order valence-electron chi connectivity index (χ2n) is 6.07. The largest absolute Gasteiger partial charge is 0.467 e. The molecule has 0 aliphatic carbocycles. The molecule has 0 fully saturated rings. The highest BCUT2D eigenvalue weighted by atomic mass is 16.3. The van der Waals surface area contributed by atoms with Crippen molar-refractivity contribution in [3.8, 4) is 0 Å². The monoisotopic (exact) mass is 286 g/mol. The van der Waals surface area contributed by atoms with Crippen LogP contribution in [0.25, 0.3) is 0 Å². The maximum atomic E-state index is 5.40. The Bertz CT molecular complexity index is 546. The summed E-state index contributed by atoms with van der Waals surface area (Å²) < 4.78 is 5.40. The van der Waals surface area contributed by atoms with E-state index in [9.17, 15) is 0 Å². The van der Waals surface area contributed by atoms with Crippen LogP contribution in [0.15, 0.2) is 41.0 Å². The molecule has 1 aromatic carbocycles. The minimum atomic E-state index is 0.684. The van der Waals surface area contributed by atoms with Gasteiger partial charge >= 0.3 is 0 Å². The molecule has 2 aromatic rings. The lowest BCUT2D eigenvalue weighted by Gasteiger charge is -2.20. The molecule has 0 saturated carbocycles. The molecule has 3 heteroatoms. The first-order chi connectivity index (χ1) is 10.1. The van der Waals surface area contributed by atoms with Crippen LogP contribution in [0.5, 0.6) is 0 Å². The zero-order valence-electron chi connectivity index (χ0n) is 13.5. The minimum absolute atomic E-state index is 0.684. The van der Waals surface area contributed by atoms with Crippen LogP contribution in [-0.4, -0.2) is 13.6 Å². The van der Waals surface area contributed by atoms with Crippen molar-refractivity contribution in [2.75, 3.05) is 18.5 Å². The van der Waals surface area contributed by atoms with Gasteiger partial charge in [-0.3, -0.25) is 0 Å². The van der Waals surface area contributed by atoms with E-state index in [2.05, 4.69) is 56.2 Å².